The Bertz CT molecular complexity index is 645. The number of anilines is 1. The molecule has 1 aromatic heterocycles. The summed E-state index contributed by atoms with van der Waals surface area (Å²) in [5.41, 5.74) is 4.52. The summed E-state index contributed by atoms with van der Waals surface area (Å²) in [6, 6.07) is 3.11. The van der Waals surface area contributed by atoms with E-state index in [0.29, 0.717) is 0 Å². The molecule has 0 spiro atoms. The monoisotopic (exact) mass is 297 g/mol. The molecule has 0 saturated carbocycles. The summed E-state index contributed by atoms with van der Waals surface area (Å²) in [5.74, 6) is -1.73. The van der Waals surface area contributed by atoms with Gasteiger partial charge >= 0.3 is 0 Å². The number of aromatic nitrogens is 2. The topological polar surface area (TPSA) is 90.5 Å². The van der Waals surface area contributed by atoms with Crippen molar-refractivity contribution in [2.24, 2.45) is 0 Å². The quantitative estimate of drug-likeness (QED) is 0.830. The van der Waals surface area contributed by atoms with Gasteiger partial charge in [-0.1, -0.05) is 0 Å². The van der Waals surface area contributed by atoms with Gasteiger partial charge in [0.1, 0.15) is 17.7 Å². The van der Waals surface area contributed by atoms with E-state index in [4.69, 9.17) is 15.2 Å². The molecule has 6 nitrogen and oxygen atoms in total. The zero-order chi connectivity index (χ0) is 15.6. The number of nitrogen functional groups attached to an aromatic ring is 1. The Morgan fingerprint density at radius 3 is 2.14 bits per heavy atom. The van der Waals surface area contributed by atoms with Crippen LogP contribution in [-0.4, -0.2) is 29.3 Å². The number of nitrogens with two attached hydrogens (primary N) is 1. The number of hydrogen-bond acceptors (Lipinski definition) is 6. The highest BCUT2D eigenvalue weighted by molar-refractivity contribution is 5.51. The van der Waals surface area contributed by atoms with E-state index in [9.17, 15) is 13.9 Å². The fraction of sp³-hybridized carbons (Fsp3) is 0.231. The zero-order valence-electron chi connectivity index (χ0n) is 11.3. The number of benzene rings is 1. The first kappa shape index (κ1) is 14.9. The van der Waals surface area contributed by atoms with Crippen molar-refractivity contribution in [3.05, 3.63) is 41.2 Å². The van der Waals surface area contributed by atoms with Crippen molar-refractivity contribution in [3.8, 4) is 11.8 Å². The molecule has 0 radical (unpaired) electrons. The van der Waals surface area contributed by atoms with Gasteiger partial charge in [-0.2, -0.15) is 9.97 Å². The molecule has 112 valence electrons. The van der Waals surface area contributed by atoms with Crippen LogP contribution in [0.2, 0.25) is 0 Å². The molecule has 8 heteroatoms. The van der Waals surface area contributed by atoms with Crippen LogP contribution in [0.25, 0.3) is 0 Å². The molecule has 0 aliphatic rings. The van der Waals surface area contributed by atoms with E-state index >= 15 is 0 Å². The van der Waals surface area contributed by atoms with Gasteiger partial charge in [0, 0.05) is 5.56 Å². The minimum atomic E-state index is -1.66. The molecule has 3 N–H and O–H groups in total. The number of nitrogens with zero attached hydrogens (tertiary/aromatic N) is 2. The molecular formula is C13H13F2N3O3. The molecule has 1 heterocycles. The summed E-state index contributed by atoms with van der Waals surface area (Å²) in [6.45, 7) is 0. The third-order valence-corrected chi connectivity index (χ3v) is 2.81. The van der Waals surface area contributed by atoms with Crippen LogP contribution in [0.15, 0.2) is 18.2 Å². The van der Waals surface area contributed by atoms with E-state index in [1.807, 2.05) is 0 Å². The Hall–Kier alpha value is -2.48. The van der Waals surface area contributed by atoms with Crippen molar-refractivity contribution in [2.45, 2.75) is 6.10 Å². The smallest absolute Gasteiger partial charge is 0.220 e. The van der Waals surface area contributed by atoms with Gasteiger partial charge in [-0.3, -0.25) is 0 Å². The molecule has 0 aliphatic heterocycles. The molecule has 0 bridgehead atoms. The van der Waals surface area contributed by atoms with Gasteiger partial charge in [-0.15, -0.1) is 0 Å². The fourth-order valence-corrected chi connectivity index (χ4v) is 1.74. The third kappa shape index (κ3) is 2.84. The molecule has 0 saturated heterocycles. The van der Waals surface area contributed by atoms with Crippen LogP contribution in [0, 0.1) is 11.6 Å². The van der Waals surface area contributed by atoms with Gasteiger partial charge < -0.3 is 20.3 Å². The lowest BCUT2D eigenvalue weighted by atomic mass is 10.1. The molecule has 0 aliphatic carbocycles. The highest BCUT2D eigenvalue weighted by Gasteiger charge is 2.24. The Balaban J connectivity index is 2.54. The maximum absolute atomic E-state index is 13.8. The summed E-state index contributed by atoms with van der Waals surface area (Å²) < 4.78 is 37.1. The van der Waals surface area contributed by atoms with Crippen LogP contribution in [0.1, 0.15) is 17.5 Å². The minimum Gasteiger partial charge on any atom is -0.481 e. The first-order valence-electron chi connectivity index (χ1n) is 5.86. The van der Waals surface area contributed by atoms with Crippen LogP contribution >= 0.6 is 0 Å². The predicted octanol–water partition coefficient (Wildman–Crippen LogP) is 1.44. The molecule has 0 amide bonds. The van der Waals surface area contributed by atoms with Crippen molar-refractivity contribution in [1.29, 1.82) is 0 Å². The average molecular weight is 297 g/mol. The van der Waals surface area contributed by atoms with Crippen molar-refractivity contribution in [3.63, 3.8) is 0 Å². The number of hydrogen-bond donors (Lipinski definition) is 2. The Morgan fingerprint density at radius 1 is 1.10 bits per heavy atom. The molecule has 1 aromatic carbocycles. The maximum atomic E-state index is 13.8. The number of aliphatic hydroxyl groups is 1. The van der Waals surface area contributed by atoms with Crippen LogP contribution < -0.4 is 15.2 Å². The van der Waals surface area contributed by atoms with Gasteiger partial charge in [0.25, 0.3) is 0 Å². The Labute approximate surface area is 119 Å². The lowest BCUT2D eigenvalue weighted by Gasteiger charge is -2.15. The first-order valence-corrected chi connectivity index (χ1v) is 5.86. The summed E-state index contributed by atoms with van der Waals surface area (Å²) in [6.07, 6.45) is -1.66. The van der Waals surface area contributed by atoms with Gasteiger partial charge in [-0.05, 0) is 12.1 Å². The lowest BCUT2D eigenvalue weighted by molar-refractivity contribution is 0.201. The van der Waals surface area contributed by atoms with Crippen LogP contribution in [0.3, 0.4) is 0 Å². The van der Waals surface area contributed by atoms with Gasteiger partial charge in [0.2, 0.25) is 11.8 Å². The Kier molecular flexibility index (Phi) is 4.18. The van der Waals surface area contributed by atoms with E-state index in [1.54, 1.807) is 0 Å². The zero-order valence-corrected chi connectivity index (χ0v) is 11.3. The number of aliphatic hydroxyl groups excluding tert-OH is 1. The second kappa shape index (κ2) is 5.88. The van der Waals surface area contributed by atoms with E-state index in [-0.39, 0.29) is 17.6 Å². The highest BCUT2D eigenvalue weighted by atomic mass is 19.1. The van der Waals surface area contributed by atoms with Gasteiger partial charge in [-0.25, -0.2) is 8.78 Å². The largest absolute Gasteiger partial charge is 0.481 e. The maximum Gasteiger partial charge on any atom is 0.220 e. The summed E-state index contributed by atoms with van der Waals surface area (Å²) in [4.78, 5) is 7.76. The SMILES string of the molecule is COc1cc(OC)nc(C(O)c2c(F)ccc(F)c2N)n1. The summed E-state index contributed by atoms with van der Waals surface area (Å²) in [5, 5.41) is 10.2. The Morgan fingerprint density at radius 2 is 1.62 bits per heavy atom. The second-order valence-electron chi connectivity index (χ2n) is 4.07. The lowest BCUT2D eigenvalue weighted by Crippen LogP contribution is -2.12. The molecule has 1 atom stereocenters. The fourth-order valence-electron chi connectivity index (χ4n) is 1.74. The predicted molar refractivity (Wildman–Crippen MR) is 70.0 cm³/mol. The van der Waals surface area contributed by atoms with Crippen molar-refractivity contribution < 1.29 is 23.4 Å². The van der Waals surface area contributed by atoms with E-state index in [0.717, 1.165) is 12.1 Å². The minimum absolute atomic E-state index is 0.103. The van der Waals surface area contributed by atoms with Crippen molar-refractivity contribution in [2.75, 3.05) is 20.0 Å². The standard InChI is InChI=1S/C13H13F2N3O3/c1-20-8-5-9(21-2)18-13(17-8)12(19)10-6(14)3-4-7(15)11(10)16/h3-5,12,19H,16H2,1-2H3. The highest BCUT2D eigenvalue weighted by Crippen LogP contribution is 2.30. The average Bonchev–Trinajstić information content (AvgIpc) is 2.50. The number of halogens is 2. The normalized spacial score (nSPS) is 12.0. The number of rotatable bonds is 4. The van der Waals surface area contributed by atoms with Crippen LogP contribution in [0.4, 0.5) is 14.5 Å². The molecule has 2 aromatic rings. The van der Waals surface area contributed by atoms with Gasteiger partial charge in [0.15, 0.2) is 5.82 Å². The third-order valence-electron chi connectivity index (χ3n) is 2.81. The number of ether oxygens (including phenoxy) is 2. The number of methoxy groups -OCH3 is 2. The van der Waals surface area contributed by atoms with Crippen LogP contribution in [-0.2, 0) is 0 Å². The van der Waals surface area contributed by atoms with Crippen LogP contribution in [0.5, 0.6) is 11.8 Å². The summed E-state index contributed by atoms with van der Waals surface area (Å²) in [7, 11) is 2.71. The van der Waals surface area contributed by atoms with Crippen molar-refractivity contribution in [1.82, 2.24) is 9.97 Å². The molecule has 1 unspecified atom stereocenters. The van der Waals surface area contributed by atoms with E-state index < -0.39 is 29.0 Å². The first-order chi connectivity index (χ1) is 9.97. The van der Waals surface area contributed by atoms with E-state index in [1.165, 1.54) is 20.3 Å². The molecule has 21 heavy (non-hydrogen) atoms. The summed E-state index contributed by atoms with van der Waals surface area (Å²) >= 11 is 0. The second-order valence-corrected chi connectivity index (χ2v) is 4.07. The van der Waals surface area contributed by atoms with Crippen molar-refractivity contribution >= 4 is 5.69 Å². The molecule has 0 fully saturated rings. The molecular weight excluding hydrogens is 284 g/mol. The van der Waals surface area contributed by atoms with Gasteiger partial charge in [0.05, 0.1) is 26.0 Å². The molecule has 2 rings (SSSR count). The van der Waals surface area contributed by atoms with E-state index in [2.05, 4.69) is 9.97 Å².